The molecular weight excluding hydrogens is 256 g/mol. The molecule has 1 aromatic rings. The van der Waals surface area contributed by atoms with Crippen LogP contribution < -0.4 is 4.72 Å². The molecule has 0 saturated heterocycles. The molecule has 18 heavy (non-hydrogen) atoms. The molecule has 2 N–H and O–H groups in total. The second-order valence-electron chi connectivity index (χ2n) is 4.18. The van der Waals surface area contributed by atoms with Gasteiger partial charge in [0.05, 0.1) is 0 Å². The van der Waals surface area contributed by atoms with E-state index in [-0.39, 0.29) is 11.3 Å². The van der Waals surface area contributed by atoms with Crippen molar-refractivity contribution in [3.63, 3.8) is 0 Å². The lowest BCUT2D eigenvalue weighted by Crippen LogP contribution is -2.51. The van der Waals surface area contributed by atoms with Gasteiger partial charge >= 0.3 is 5.97 Å². The highest BCUT2D eigenvalue weighted by Crippen LogP contribution is 2.17. The summed E-state index contributed by atoms with van der Waals surface area (Å²) in [6.07, 6.45) is 3.39. The summed E-state index contributed by atoms with van der Waals surface area (Å²) < 4.78 is 26.2. The molecule has 0 aliphatic carbocycles. The number of pyridine rings is 1. The maximum absolute atomic E-state index is 12.0. The number of rotatable bonds is 6. The molecule has 6 nitrogen and oxygen atoms in total. The molecule has 1 atom stereocenters. The van der Waals surface area contributed by atoms with E-state index in [2.05, 4.69) is 9.71 Å². The van der Waals surface area contributed by atoms with Gasteiger partial charge in [-0.1, -0.05) is 13.3 Å². The number of hydrogen-bond acceptors (Lipinski definition) is 4. The Hall–Kier alpha value is -1.47. The quantitative estimate of drug-likeness (QED) is 0.805. The smallest absolute Gasteiger partial charge is 0.324 e. The van der Waals surface area contributed by atoms with E-state index in [9.17, 15) is 13.2 Å². The summed E-state index contributed by atoms with van der Waals surface area (Å²) in [6.45, 7) is 3.15. The molecule has 1 unspecified atom stereocenters. The first kappa shape index (κ1) is 14.6. The number of aliphatic carboxylic acids is 1. The van der Waals surface area contributed by atoms with Crippen molar-refractivity contribution in [3.8, 4) is 0 Å². The Kier molecular flexibility index (Phi) is 4.42. The lowest BCUT2D eigenvalue weighted by atomic mass is 9.98. The molecule has 0 radical (unpaired) electrons. The van der Waals surface area contributed by atoms with Gasteiger partial charge in [0, 0.05) is 12.4 Å². The second kappa shape index (κ2) is 5.45. The highest BCUT2D eigenvalue weighted by atomic mass is 32.2. The number of carboxylic acid groups (broad SMARTS) is 1. The molecule has 0 bridgehead atoms. The van der Waals surface area contributed by atoms with Crippen LogP contribution >= 0.6 is 0 Å². The van der Waals surface area contributed by atoms with Crippen LogP contribution in [0.25, 0.3) is 0 Å². The summed E-state index contributed by atoms with van der Waals surface area (Å²) in [6, 6.07) is 2.84. The SMILES string of the molecule is CCCC(C)(NS(=O)(=O)c1cccnc1)C(=O)O. The third kappa shape index (κ3) is 3.27. The van der Waals surface area contributed by atoms with Crippen molar-refractivity contribution in [1.82, 2.24) is 9.71 Å². The van der Waals surface area contributed by atoms with Crippen LogP contribution in [-0.2, 0) is 14.8 Å². The number of carboxylic acids is 1. The highest BCUT2D eigenvalue weighted by Gasteiger charge is 2.37. The lowest BCUT2D eigenvalue weighted by molar-refractivity contribution is -0.143. The Balaban J connectivity index is 3.05. The van der Waals surface area contributed by atoms with Crippen LogP contribution in [0.5, 0.6) is 0 Å². The van der Waals surface area contributed by atoms with Crippen molar-refractivity contribution in [1.29, 1.82) is 0 Å². The van der Waals surface area contributed by atoms with Crippen LogP contribution in [0.15, 0.2) is 29.4 Å². The fraction of sp³-hybridized carbons (Fsp3) is 0.455. The average Bonchev–Trinajstić information content (AvgIpc) is 2.29. The number of hydrogen-bond donors (Lipinski definition) is 2. The summed E-state index contributed by atoms with van der Waals surface area (Å²) in [5.41, 5.74) is -1.51. The van der Waals surface area contributed by atoms with E-state index >= 15 is 0 Å². The van der Waals surface area contributed by atoms with Gasteiger partial charge in [-0.05, 0) is 25.5 Å². The van der Waals surface area contributed by atoms with Crippen molar-refractivity contribution in [2.75, 3.05) is 0 Å². The van der Waals surface area contributed by atoms with Crippen molar-refractivity contribution >= 4 is 16.0 Å². The summed E-state index contributed by atoms with van der Waals surface area (Å²) in [5.74, 6) is -1.20. The monoisotopic (exact) mass is 272 g/mol. The van der Waals surface area contributed by atoms with E-state index in [1.165, 1.54) is 31.5 Å². The van der Waals surface area contributed by atoms with Gasteiger partial charge in [-0.15, -0.1) is 0 Å². The van der Waals surface area contributed by atoms with Crippen LogP contribution in [-0.4, -0.2) is 30.0 Å². The predicted octanol–water partition coefficient (Wildman–Crippen LogP) is 1.00. The van der Waals surface area contributed by atoms with Crippen molar-refractivity contribution in [2.24, 2.45) is 0 Å². The molecule has 1 aromatic heterocycles. The minimum atomic E-state index is -3.88. The van der Waals surface area contributed by atoms with Crippen LogP contribution in [0.3, 0.4) is 0 Å². The normalized spacial score (nSPS) is 15.0. The standard InChI is InChI=1S/C11H16N2O4S/c1-3-6-11(2,10(14)15)13-18(16,17)9-5-4-7-12-8-9/h4-5,7-8,13H,3,6H2,1-2H3,(H,14,15). The zero-order valence-electron chi connectivity index (χ0n) is 10.3. The van der Waals surface area contributed by atoms with E-state index in [1.54, 1.807) is 6.92 Å². The summed E-state index contributed by atoms with van der Waals surface area (Å²) >= 11 is 0. The van der Waals surface area contributed by atoms with Crippen molar-refractivity contribution in [3.05, 3.63) is 24.5 Å². The van der Waals surface area contributed by atoms with Crippen LogP contribution in [0.1, 0.15) is 26.7 Å². The molecular formula is C11H16N2O4S. The molecule has 0 aliphatic heterocycles. The molecule has 0 spiro atoms. The van der Waals surface area contributed by atoms with E-state index in [4.69, 9.17) is 5.11 Å². The summed E-state index contributed by atoms with van der Waals surface area (Å²) in [7, 11) is -3.88. The topological polar surface area (TPSA) is 96.4 Å². The van der Waals surface area contributed by atoms with Crippen molar-refractivity contribution < 1.29 is 18.3 Å². The molecule has 0 amide bonds. The molecule has 1 rings (SSSR count). The summed E-state index contributed by atoms with van der Waals surface area (Å²) in [4.78, 5) is 14.8. The third-order valence-electron chi connectivity index (χ3n) is 2.53. The van der Waals surface area contributed by atoms with E-state index in [1.807, 2.05) is 0 Å². The van der Waals surface area contributed by atoms with Crippen molar-refractivity contribution in [2.45, 2.75) is 37.1 Å². The lowest BCUT2D eigenvalue weighted by Gasteiger charge is -2.25. The number of nitrogens with one attached hydrogen (secondary N) is 1. The highest BCUT2D eigenvalue weighted by molar-refractivity contribution is 7.89. The van der Waals surface area contributed by atoms with Gasteiger partial charge in [-0.3, -0.25) is 9.78 Å². The minimum Gasteiger partial charge on any atom is -0.480 e. The number of carbonyl (C=O) groups is 1. The Labute approximate surface area is 106 Å². The van der Waals surface area contributed by atoms with Gasteiger partial charge in [0.1, 0.15) is 10.4 Å². The Morgan fingerprint density at radius 1 is 1.56 bits per heavy atom. The Morgan fingerprint density at radius 3 is 2.67 bits per heavy atom. The molecule has 7 heteroatoms. The predicted molar refractivity (Wildman–Crippen MR) is 65.5 cm³/mol. The molecule has 0 aliphatic rings. The molecule has 1 heterocycles. The first-order chi connectivity index (χ1) is 8.32. The van der Waals surface area contributed by atoms with Gasteiger partial charge in [-0.2, -0.15) is 4.72 Å². The number of aromatic nitrogens is 1. The molecule has 0 saturated carbocycles. The van der Waals surface area contributed by atoms with Crippen LogP contribution in [0.2, 0.25) is 0 Å². The molecule has 100 valence electrons. The van der Waals surface area contributed by atoms with Crippen LogP contribution in [0.4, 0.5) is 0 Å². The fourth-order valence-electron chi connectivity index (χ4n) is 1.56. The first-order valence-corrected chi connectivity index (χ1v) is 6.97. The maximum Gasteiger partial charge on any atom is 0.324 e. The van der Waals surface area contributed by atoms with Gasteiger partial charge in [0.2, 0.25) is 10.0 Å². The zero-order chi connectivity index (χ0) is 13.8. The molecule has 0 fully saturated rings. The number of sulfonamides is 1. The zero-order valence-corrected chi connectivity index (χ0v) is 11.1. The second-order valence-corrected chi connectivity index (χ2v) is 5.86. The summed E-state index contributed by atoms with van der Waals surface area (Å²) in [5, 5.41) is 9.13. The van der Waals surface area contributed by atoms with E-state index < -0.39 is 21.5 Å². The molecule has 0 aromatic carbocycles. The van der Waals surface area contributed by atoms with Crippen LogP contribution in [0, 0.1) is 0 Å². The Bertz CT molecular complexity index is 515. The average molecular weight is 272 g/mol. The third-order valence-corrected chi connectivity index (χ3v) is 4.11. The Morgan fingerprint density at radius 2 is 2.22 bits per heavy atom. The minimum absolute atomic E-state index is 0.0476. The van der Waals surface area contributed by atoms with Gasteiger partial charge in [0.25, 0.3) is 0 Å². The number of nitrogens with zero attached hydrogens (tertiary/aromatic N) is 1. The maximum atomic E-state index is 12.0. The van der Waals surface area contributed by atoms with E-state index in [0.717, 1.165) is 0 Å². The van der Waals surface area contributed by atoms with Gasteiger partial charge < -0.3 is 5.11 Å². The largest absolute Gasteiger partial charge is 0.480 e. The first-order valence-electron chi connectivity index (χ1n) is 5.49. The van der Waals surface area contributed by atoms with Gasteiger partial charge in [0.15, 0.2) is 0 Å². The van der Waals surface area contributed by atoms with E-state index in [0.29, 0.717) is 6.42 Å². The fourth-order valence-corrected chi connectivity index (χ4v) is 2.92. The van der Waals surface area contributed by atoms with Gasteiger partial charge in [-0.25, -0.2) is 8.42 Å².